The Morgan fingerprint density at radius 3 is 2.24 bits per heavy atom. The average molecular weight is 345 g/mol. The van der Waals surface area contributed by atoms with Gasteiger partial charge in [-0.25, -0.2) is 4.79 Å². The Hall–Kier alpha value is -1.59. The molecule has 2 amide bonds. The maximum Gasteiger partial charge on any atom is 0.314 e. The van der Waals surface area contributed by atoms with E-state index in [1.807, 2.05) is 6.07 Å². The molecule has 1 unspecified atom stereocenters. The predicted octanol–water partition coefficient (Wildman–Crippen LogP) is 2.11. The molecule has 25 heavy (non-hydrogen) atoms. The smallest absolute Gasteiger partial charge is 0.314 e. The van der Waals surface area contributed by atoms with Crippen molar-refractivity contribution in [1.29, 1.82) is 0 Å². The first-order valence-electron chi connectivity index (χ1n) is 9.25. The van der Waals surface area contributed by atoms with Crippen LogP contribution in [0.25, 0.3) is 0 Å². The molecule has 1 saturated heterocycles. The summed E-state index contributed by atoms with van der Waals surface area (Å²) in [7, 11) is 2.06. The molecule has 1 saturated carbocycles. The molecule has 1 aliphatic heterocycles. The van der Waals surface area contributed by atoms with Crippen molar-refractivity contribution in [1.82, 2.24) is 15.5 Å². The van der Waals surface area contributed by atoms with Gasteiger partial charge in [-0.1, -0.05) is 44.2 Å². The molecule has 0 bridgehead atoms. The molecule has 138 valence electrons. The summed E-state index contributed by atoms with van der Waals surface area (Å²) in [5.41, 5.74) is 0.707. The summed E-state index contributed by atoms with van der Waals surface area (Å²) in [4.78, 5) is 14.5. The van der Waals surface area contributed by atoms with Gasteiger partial charge in [-0.3, -0.25) is 0 Å². The van der Waals surface area contributed by atoms with Gasteiger partial charge in [0.2, 0.25) is 0 Å². The number of carbonyl (C=O) groups excluding carboxylic acids is 1. The van der Waals surface area contributed by atoms with Crippen molar-refractivity contribution in [2.24, 2.45) is 5.41 Å². The van der Waals surface area contributed by atoms with Crippen LogP contribution in [0.2, 0.25) is 0 Å². The van der Waals surface area contributed by atoms with Crippen LogP contribution in [0.3, 0.4) is 0 Å². The van der Waals surface area contributed by atoms with E-state index in [9.17, 15) is 9.90 Å². The van der Waals surface area contributed by atoms with Crippen LogP contribution in [0.1, 0.15) is 38.7 Å². The Bertz CT molecular complexity index is 609. The number of nitrogens with zero attached hydrogens (tertiary/aromatic N) is 1. The zero-order chi connectivity index (χ0) is 18.1. The number of hydrogen-bond donors (Lipinski definition) is 3. The number of nitrogens with one attached hydrogen (secondary N) is 2. The molecule has 1 atom stereocenters. The van der Waals surface area contributed by atoms with Gasteiger partial charge in [-0.15, -0.1) is 0 Å². The SMILES string of the molecule is CN1CCC(O)(CNC(=O)NCC2(c3ccccc3)CC2(C)C)CC1. The molecule has 1 aliphatic carbocycles. The van der Waals surface area contributed by atoms with E-state index in [1.165, 1.54) is 5.56 Å². The second kappa shape index (κ2) is 6.61. The molecule has 3 rings (SSSR count). The minimum Gasteiger partial charge on any atom is -0.388 e. The molecule has 1 heterocycles. The van der Waals surface area contributed by atoms with E-state index in [1.54, 1.807) is 0 Å². The van der Waals surface area contributed by atoms with E-state index in [2.05, 4.69) is 60.7 Å². The van der Waals surface area contributed by atoms with Crippen LogP contribution < -0.4 is 10.6 Å². The lowest BCUT2D eigenvalue weighted by Crippen LogP contribution is -2.52. The van der Waals surface area contributed by atoms with Crippen LogP contribution >= 0.6 is 0 Å². The van der Waals surface area contributed by atoms with Gasteiger partial charge in [-0.2, -0.15) is 0 Å². The maximum absolute atomic E-state index is 12.3. The molecule has 5 nitrogen and oxygen atoms in total. The summed E-state index contributed by atoms with van der Waals surface area (Å²) in [6, 6.07) is 10.2. The number of hydrogen-bond acceptors (Lipinski definition) is 3. The van der Waals surface area contributed by atoms with Crippen LogP contribution in [0.5, 0.6) is 0 Å². The molecule has 1 aromatic carbocycles. The largest absolute Gasteiger partial charge is 0.388 e. The minimum atomic E-state index is -0.778. The Labute approximate surface area is 150 Å². The van der Waals surface area contributed by atoms with Gasteiger partial charge >= 0.3 is 6.03 Å². The van der Waals surface area contributed by atoms with Crippen molar-refractivity contribution < 1.29 is 9.90 Å². The molecule has 2 fully saturated rings. The number of piperidine rings is 1. The zero-order valence-electron chi connectivity index (χ0n) is 15.6. The van der Waals surface area contributed by atoms with Gasteiger partial charge in [0.1, 0.15) is 0 Å². The third-order valence-corrected chi connectivity index (χ3v) is 6.29. The van der Waals surface area contributed by atoms with Crippen molar-refractivity contribution in [3.63, 3.8) is 0 Å². The van der Waals surface area contributed by atoms with Gasteiger partial charge in [0.05, 0.1) is 5.60 Å². The molecule has 1 aromatic rings. The monoisotopic (exact) mass is 345 g/mol. The lowest BCUT2D eigenvalue weighted by atomic mass is 9.88. The first-order valence-corrected chi connectivity index (χ1v) is 9.25. The molecular formula is C20H31N3O2. The molecule has 0 radical (unpaired) electrons. The number of amides is 2. The molecule has 5 heteroatoms. The molecule has 3 N–H and O–H groups in total. The van der Waals surface area contributed by atoms with E-state index < -0.39 is 5.60 Å². The first-order chi connectivity index (χ1) is 11.8. The van der Waals surface area contributed by atoms with E-state index in [4.69, 9.17) is 0 Å². The predicted molar refractivity (Wildman–Crippen MR) is 99.6 cm³/mol. The van der Waals surface area contributed by atoms with Gasteiger partial charge in [0, 0.05) is 31.6 Å². The second-order valence-corrected chi connectivity index (χ2v) is 8.57. The van der Waals surface area contributed by atoms with Gasteiger partial charge < -0.3 is 20.6 Å². The van der Waals surface area contributed by atoms with Crippen LogP contribution in [0, 0.1) is 5.41 Å². The highest BCUT2D eigenvalue weighted by Gasteiger charge is 2.61. The van der Waals surface area contributed by atoms with Crippen LogP contribution in [-0.4, -0.2) is 54.9 Å². The van der Waals surface area contributed by atoms with Crippen molar-refractivity contribution >= 4 is 6.03 Å². The number of likely N-dealkylation sites (tertiary alicyclic amines) is 1. The standard InChI is InChI=1S/C20H31N3O2/c1-18(2)13-20(18,16-7-5-4-6-8-16)15-22-17(24)21-14-19(25)9-11-23(3)12-10-19/h4-8,25H,9-15H2,1-3H3,(H2,21,22,24). The van der Waals surface area contributed by atoms with E-state index >= 15 is 0 Å². The van der Waals surface area contributed by atoms with Crippen LogP contribution in [0.15, 0.2) is 30.3 Å². The Balaban J connectivity index is 1.52. The topological polar surface area (TPSA) is 64.6 Å². The van der Waals surface area contributed by atoms with Crippen LogP contribution in [-0.2, 0) is 5.41 Å². The summed E-state index contributed by atoms with van der Waals surface area (Å²) in [5.74, 6) is 0. The van der Waals surface area contributed by atoms with Crippen LogP contribution in [0.4, 0.5) is 4.79 Å². The van der Waals surface area contributed by atoms with Crippen molar-refractivity contribution in [3.05, 3.63) is 35.9 Å². The molecule has 2 aliphatic rings. The summed E-state index contributed by atoms with van der Waals surface area (Å²) in [6.45, 7) is 7.17. The molecule has 0 aromatic heterocycles. The van der Waals surface area contributed by atoms with E-state index in [0.717, 1.165) is 19.5 Å². The summed E-state index contributed by atoms with van der Waals surface area (Å²) < 4.78 is 0. The molecular weight excluding hydrogens is 314 g/mol. The Morgan fingerprint density at radius 1 is 1.12 bits per heavy atom. The minimum absolute atomic E-state index is 0.00997. The Kier molecular flexibility index (Phi) is 4.82. The number of carbonyl (C=O) groups is 1. The quantitative estimate of drug-likeness (QED) is 0.766. The highest BCUT2D eigenvalue weighted by molar-refractivity contribution is 5.74. The number of urea groups is 1. The highest BCUT2D eigenvalue weighted by atomic mass is 16.3. The third-order valence-electron chi connectivity index (χ3n) is 6.29. The number of aliphatic hydroxyl groups is 1. The highest BCUT2D eigenvalue weighted by Crippen LogP contribution is 2.63. The van der Waals surface area contributed by atoms with Crippen molar-refractivity contribution in [2.75, 3.05) is 33.2 Å². The average Bonchev–Trinajstić information content (AvgIpc) is 3.18. The fourth-order valence-electron chi connectivity index (χ4n) is 4.11. The van der Waals surface area contributed by atoms with E-state index in [-0.39, 0.29) is 16.9 Å². The van der Waals surface area contributed by atoms with Crippen molar-refractivity contribution in [3.8, 4) is 0 Å². The molecule has 0 spiro atoms. The summed E-state index contributed by atoms with van der Waals surface area (Å²) >= 11 is 0. The van der Waals surface area contributed by atoms with Crippen molar-refractivity contribution in [2.45, 2.75) is 44.1 Å². The lowest BCUT2D eigenvalue weighted by molar-refractivity contribution is -0.0122. The fourth-order valence-corrected chi connectivity index (χ4v) is 4.11. The zero-order valence-corrected chi connectivity index (χ0v) is 15.6. The lowest BCUT2D eigenvalue weighted by Gasteiger charge is -2.36. The summed E-state index contributed by atoms with van der Waals surface area (Å²) in [6.07, 6.45) is 2.47. The summed E-state index contributed by atoms with van der Waals surface area (Å²) in [5, 5.41) is 16.5. The Morgan fingerprint density at radius 2 is 1.68 bits per heavy atom. The van der Waals surface area contributed by atoms with Gasteiger partial charge in [0.15, 0.2) is 0 Å². The van der Waals surface area contributed by atoms with E-state index in [0.29, 0.717) is 25.9 Å². The normalized spacial score (nSPS) is 27.5. The third kappa shape index (κ3) is 3.82. The fraction of sp³-hybridized carbons (Fsp3) is 0.650. The van der Waals surface area contributed by atoms with Gasteiger partial charge in [0.25, 0.3) is 0 Å². The number of benzene rings is 1. The first kappa shape index (κ1) is 18.2. The van der Waals surface area contributed by atoms with Gasteiger partial charge in [-0.05, 0) is 37.3 Å². The second-order valence-electron chi connectivity index (χ2n) is 8.57. The maximum atomic E-state index is 12.3. The number of rotatable bonds is 5.